The molecule has 1 amide bonds. The lowest BCUT2D eigenvalue weighted by molar-refractivity contribution is 0.0624. The Labute approximate surface area is 134 Å². The fraction of sp³-hybridized carbons (Fsp3) is 0.417. The molecule has 1 atom stereocenters. The fourth-order valence-corrected chi connectivity index (χ4v) is 4.09. The van der Waals surface area contributed by atoms with E-state index in [2.05, 4.69) is 21.2 Å². The maximum Gasteiger partial charge on any atom is 0.262 e. The molecule has 1 aliphatic heterocycles. The number of rotatable bonds is 3. The summed E-state index contributed by atoms with van der Waals surface area (Å²) in [7, 11) is 1.06. The highest BCUT2D eigenvalue weighted by molar-refractivity contribution is 9.10. The molecule has 0 saturated carbocycles. The van der Waals surface area contributed by atoms with Crippen LogP contribution in [0.4, 0.5) is 4.39 Å². The van der Waals surface area contributed by atoms with Crippen molar-refractivity contribution in [1.29, 1.82) is 0 Å². The van der Waals surface area contributed by atoms with Crippen molar-refractivity contribution in [2.75, 3.05) is 13.2 Å². The van der Waals surface area contributed by atoms with Crippen molar-refractivity contribution in [3.8, 4) is 0 Å². The van der Waals surface area contributed by atoms with Crippen LogP contribution in [0.3, 0.4) is 0 Å². The van der Waals surface area contributed by atoms with Crippen molar-refractivity contribution in [3.63, 3.8) is 0 Å². The van der Waals surface area contributed by atoms with Gasteiger partial charge in [-0.05, 0) is 40.9 Å². The van der Waals surface area contributed by atoms with Gasteiger partial charge in [-0.3, -0.25) is 4.79 Å². The van der Waals surface area contributed by atoms with E-state index in [1.54, 1.807) is 0 Å². The lowest BCUT2D eigenvalue weighted by Gasteiger charge is -2.23. The molecule has 0 aromatic heterocycles. The van der Waals surface area contributed by atoms with Crippen molar-refractivity contribution in [1.82, 2.24) is 5.32 Å². The Morgan fingerprint density at radius 1 is 1.48 bits per heavy atom. The Morgan fingerprint density at radius 2 is 2.19 bits per heavy atom. The summed E-state index contributed by atoms with van der Waals surface area (Å²) in [5.41, 5.74) is -0.111. The van der Waals surface area contributed by atoms with E-state index >= 15 is 0 Å². The average molecular weight is 401 g/mol. The summed E-state index contributed by atoms with van der Waals surface area (Å²) in [6.45, 7) is 1.03. The second kappa shape index (κ2) is 6.60. The van der Waals surface area contributed by atoms with Crippen LogP contribution >= 0.6 is 26.6 Å². The number of halogens is 3. The molecule has 1 aliphatic rings. The summed E-state index contributed by atoms with van der Waals surface area (Å²) in [6, 6.07) is 1.82. The van der Waals surface area contributed by atoms with Gasteiger partial charge < -0.3 is 10.1 Å². The predicted molar refractivity (Wildman–Crippen MR) is 78.4 cm³/mol. The summed E-state index contributed by atoms with van der Waals surface area (Å²) in [6.07, 6.45) is 1.58. The molecule has 0 aliphatic carbocycles. The van der Waals surface area contributed by atoms with E-state index in [4.69, 9.17) is 15.4 Å². The van der Waals surface area contributed by atoms with Crippen LogP contribution in [0.25, 0.3) is 0 Å². The molecule has 1 heterocycles. The first-order chi connectivity index (χ1) is 9.79. The first-order valence-electron chi connectivity index (χ1n) is 6.11. The molecule has 0 bridgehead atoms. The Hall–Kier alpha value is -0.700. The smallest absolute Gasteiger partial charge is 0.262 e. The normalized spacial score (nSPS) is 19.3. The van der Waals surface area contributed by atoms with Gasteiger partial charge in [0.05, 0.1) is 17.1 Å². The van der Waals surface area contributed by atoms with Crippen LogP contribution in [0.5, 0.6) is 0 Å². The van der Waals surface area contributed by atoms with Gasteiger partial charge in [-0.15, -0.1) is 0 Å². The van der Waals surface area contributed by atoms with E-state index in [0.29, 0.717) is 13.2 Å². The van der Waals surface area contributed by atoms with Crippen molar-refractivity contribution in [3.05, 3.63) is 28.0 Å². The second-order valence-electron chi connectivity index (χ2n) is 4.60. The Kier molecular flexibility index (Phi) is 5.24. The Bertz CT molecular complexity index is 661. The SMILES string of the molecule is O=C(NC1CCCOC1)c1cc(F)c(Br)c(S(=O)(=O)Cl)c1. The molecular weight excluding hydrogens is 389 g/mol. The van der Waals surface area contributed by atoms with Crippen LogP contribution in [-0.4, -0.2) is 33.6 Å². The summed E-state index contributed by atoms with van der Waals surface area (Å²) < 4.78 is 41.4. The molecule has 1 N–H and O–H groups in total. The zero-order valence-electron chi connectivity index (χ0n) is 10.7. The highest BCUT2D eigenvalue weighted by Crippen LogP contribution is 2.29. The lowest BCUT2D eigenvalue weighted by Crippen LogP contribution is -2.40. The van der Waals surface area contributed by atoms with E-state index < -0.39 is 25.7 Å². The predicted octanol–water partition coefficient (Wildman–Crippen LogP) is 2.42. The summed E-state index contributed by atoms with van der Waals surface area (Å²) in [4.78, 5) is 11.6. The van der Waals surface area contributed by atoms with E-state index in [1.165, 1.54) is 0 Å². The topological polar surface area (TPSA) is 72.5 Å². The summed E-state index contributed by atoms with van der Waals surface area (Å²) >= 11 is 2.81. The largest absolute Gasteiger partial charge is 0.379 e. The molecule has 0 radical (unpaired) electrons. The first kappa shape index (κ1) is 16.7. The third kappa shape index (κ3) is 4.15. The minimum absolute atomic E-state index is 0.111. The zero-order valence-corrected chi connectivity index (χ0v) is 13.9. The van der Waals surface area contributed by atoms with Gasteiger partial charge in [-0.25, -0.2) is 12.8 Å². The fourth-order valence-electron chi connectivity index (χ4n) is 2.00. The second-order valence-corrected chi connectivity index (χ2v) is 7.92. The standard InChI is InChI=1S/C12H12BrClFNO4S/c13-11-9(15)4-7(5-10(11)21(14,18)19)12(17)16-8-2-1-3-20-6-8/h4-5,8H,1-3,6H2,(H,16,17). The van der Waals surface area contributed by atoms with Crippen LogP contribution in [0.2, 0.25) is 0 Å². The number of carbonyl (C=O) groups is 1. The number of hydrogen-bond acceptors (Lipinski definition) is 4. The molecule has 1 aromatic carbocycles. The van der Waals surface area contributed by atoms with Gasteiger partial charge in [-0.2, -0.15) is 0 Å². The van der Waals surface area contributed by atoms with Gasteiger partial charge in [0.2, 0.25) is 0 Å². The third-order valence-electron chi connectivity index (χ3n) is 3.02. The van der Waals surface area contributed by atoms with Crippen LogP contribution in [0, 0.1) is 5.82 Å². The molecule has 0 spiro atoms. The maximum atomic E-state index is 13.7. The van der Waals surface area contributed by atoms with E-state index in [0.717, 1.165) is 25.0 Å². The zero-order chi connectivity index (χ0) is 15.6. The minimum Gasteiger partial charge on any atom is -0.379 e. The quantitative estimate of drug-likeness (QED) is 0.791. The van der Waals surface area contributed by atoms with Gasteiger partial charge in [0.1, 0.15) is 10.7 Å². The molecule has 9 heteroatoms. The van der Waals surface area contributed by atoms with Gasteiger partial charge in [0.15, 0.2) is 0 Å². The highest BCUT2D eigenvalue weighted by Gasteiger charge is 2.23. The molecular formula is C12H12BrClFNO4S. The summed E-state index contributed by atoms with van der Waals surface area (Å²) in [5.74, 6) is -1.44. The Balaban J connectivity index is 2.27. The first-order valence-corrected chi connectivity index (χ1v) is 9.21. The maximum absolute atomic E-state index is 13.7. The average Bonchev–Trinajstić information content (AvgIpc) is 2.41. The molecule has 1 unspecified atom stereocenters. The molecule has 1 saturated heterocycles. The number of hydrogen-bond donors (Lipinski definition) is 1. The van der Waals surface area contributed by atoms with Crippen molar-refractivity contribution in [2.45, 2.75) is 23.8 Å². The van der Waals surface area contributed by atoms with Crippen LogP contribution < -0.4 is 5.32 Å². The van der Waals surface area contributed by atoms with E-state index in [1.807, 2.05) is 0 Å². The van der Waals surface area contributed by atoms with Crippen LogP contribution in [0.15, 0.2) is 21.5 Å². The van der Waals surface area contributed by atoms with E-state index in [-0.39, 0.29) is 16.1 Å². The van der Waals surface area contributed by atoms with Crippen molar-refractivity contribution < 1.29 is 22.3 Å². The van der Waals surface area contributed by atoms with E-state index in [9.17, 15) is 17.6 Å². The third-order valence-corrected chi connectivity index (χ3v) is 5.43. The highest BCUT2D eigenvalue weighted by atomic mass is 79.9. The lowest BCUT2D eigenvalue weighted by atomic mass is 10.1. The number of benzene rings is 1. The Morgan fingerprint density at radius 3 is 2.76 bits per heavy atom. The van der Waals surface area contributed by atoms with Crippen molar-refractivity contribution in [2.24, 2.45) is 0 Å². The number of carbonyl (C=O) groups excluding carboxylic acids is 1. The molecule has 1 aromatic rings. The van der Waals surface area contributed by atoms with Crippen molar-refractivity contribution >= 4 is 41.6 Å². The number of amides is 1. The summed E-state index contributed by atoms with van der Waals surface area (Å²) in [5, 5.41) is 2.68. The van der Waals surface area contributed by atoms with Gasteiger partial charge in [-0.1, -0.05) is 0 Å². The molecule has 21 heavy (non-hydrogen) atoms. The molecule has 5 nitrogen and oxygen atoms in total. The molecule has 2 rings (SSSR count). The number of ether oxygens (including phenoxy) is 1. The van der Waals surface area contributed by atoms with Gasteiger partial charge in [0, 0.05) is 22.9 Å². The molecule has 1 fully saturated rings. The van der Waals surface area contributed by atoms with Crippen LogP contribution in [-0.2, 0) is 13.8 Å². The minimum atomic E-state index is -4.16. The monoisotopic (exact) mass is 399 g/mol. The van der Waals surface area contributed by atoms with Gasteiger partial charge in [0.25, 0.3) is 15.0 Å². The van der Waals surface area contributed by atoms with Gasteiger partial charge >= 0.3 is 0 Å². The number of nitrogens with one attached hydrogen (secondary N) is 1. The molecule has 116 valence electrons. The van der Waals surface area contributed by atoms with Crippen LogP contribution in [0.1, 0.15) is 23.2 Å².